The van der Waals surface area contributed by atoms with Gasteiger partial charge in [-0.05, 0) is 32.2 Å². The number of rotatable bonds is 5. The number of likely N-dealkylation sites (N-methyl/N-ethyl adjacent to an activating group) is 1. The van der Waals surface area contributed by atoms with Gasteiger partial charge in [0.1, 0.15) is 0 Å². The molecular formula is C14H26N2O2. The molecule has 0 bridgehead atoms. The number of piperidine rings is 1. The van der Waals surface area contributed by atoms with Crippen LogP contribution in [0.25, 0.3) is 0 Å². The highest BCUT2D eigenvalue weighted by Gasteiger charge is 2.38. The first-order valence-corrected chi connectivity index (χ1v) is 7.34. The van der Waals surface area contributed by atoms with Gasteiger partial charge in [-0.3, -0.25) is 4.79 Å². The van der Waals surface area contributed by atoms with E-state index >= 15 is 0 Å². The molecule has 1 amide bonds. The van der Waals surface area contributed by atoms with Crippen LogP contribution < -0.4 is 5.32 Å². The Morgan fingerprint density at radius 2 is 2.11 bits per heavy atom. The summed E-state index contributed by atoms with van der Waals surface area (Å²) in [7, 11) is 0. The molecule has 1 aliphatic carbocycles. The molecular weight excluding hydrogens is 228 g/mol. The fraction of sp³-hybridized carbons (Fsp3) is 0.929. The molecule has 0 aromatic rings. The molecule has 0 aromatic carbocycles. The molecule has 2 rings (SSSR count). The van der Waals surface area contributed by atoms with Gasteiger partial charge in [0.25, 0.3) is 0 Å². The van der Waals surface area contributed by atoms with Crippen LogP contribution in [-0.4, -0.2) is 48.2 Å². The minimum absolute atomic E-state index is 0.000830. The van der Waals surface area contributed by atoms with Crippen LogP contribution >= 0.6 is 0 Å². The quantitative estimate of drug-likeness (QED) is 0.773. The van der Waals surface area contributed by atoms with E-state index in [0.717, 1.165) is 45.3 Å². The molecule has 2 fully saturated rings. The van der Waals surface area contributed by atoms with Crippen LogP contribution in [0.3, 0.4) is 0 Å². The smallest absolute Gasteiger partial charge is 0.239 e. The number of hydrogen-bond donors (Lipinski definition) is 2. The second-order valence-corrected chi connectivity index (χ2v) is 5.88. The molecule has 4 heteroatoms. The largest absolute Gasteiger partial charge is 0.396 e. The topological polar surface area (TPSA) is 52.6 Å². The Bertz CT molecular complexity index is 286. The molecule has 1 unspecified atom stereocenters. The number of nitrogens with zero attached hydrogens (tertiary/aromatic N) is 1. The predicted molar refractivity (Wildman–Crippen MR) is 71.3 cm³/mol. The van der Waals surface area contributed by atoms with Crippen molar-refractivity contribution in [2.24, 2.45) is 5.41 Å². The number of amides is 1. The molecule has 1 aliphatic heterocycles. The second-order valence-electron chi connectivity index (χ2n) is 5.88. The fourth-order valence-electron chi connectivity index (χ4n) is 3.43. The normalized spacial score (nSPS) is 27.8. The highest BCUT2D eigenvalue weighted by molar-refractivity contribution is 5.82. The Kier molecular flexibility index (Phi) is 4.62. The van der Waals surface area contributed by atoms with Gasteiger partial charge in [0.15, 0.2) is 0 Å². The lowest BCUT2D eigenvalue weighted by molar-refractivity contribution is -0.138. The molecule has 2 N–H and O–H groups in total. The Morgan fingerprint density at radius 3 is 2.72 bits per heavy atom. The van der Waals surface area contributed by atoms with E-state index in [1.807, 2.05) is 11.8 Å². The summed E-state index contributed by atoms with van der Waals surface area (Å²) in [6.07, 6.45) is 6.55. The summed E-state index contributed by atoms with van der Waals surface area (Å²) in [6, 6.07) is 0.000830. The molecule has 4 nitrogen and oxygen atoms in total. The lowest BCUT2D eigenvalue weighted by atomic mass is 9.85. The third kappa shape index (κ3) is 2.86. The van der Waals surface area contributed by atoms with E-state index in [9.17, 15) is 9.90 Å². The first-order valence-electron chi connectivity index (χ1n) is 7.34. The van der Waals surface area contributed by atoms with Crippen LogP contribution in [0.2, 0.25) is 0 Å². The molecule has 0 radical (unpaired) electrons. The zero-order valence-corrected chi connectivity index (χ0v) is 11.5. The molecule has 18 heavy (non-hydrogen) atoms. The average molecular weight is 254 g/mol. The highest BCUT2D eigenvalue weighted by atomic mass is 16.3. The van der Waals surface area contributed by atoms with Crippen LogP contribution in [0, 0.1) is 5.41 Å². The Labute approximate surface area is 110 Å². The van der Waals surface area contributed by atoms with E-state index in [4.69, 9.17) is 0 Å². The van der Waals surface area contributed by atoms with Crippen molar-refractivity contribution >= 4 is 5.91 Å². The van der Waals surface area contributed by atoms with Crippen LogP contribution in [0.4, 0.5) is 0 Å². The van der Waals surface area contributed by atoms with Crippen molar-refractivity contribution in [2.75, 3.05) is 26.2 Å². The number of hydrogen-bond acceptors (Lipinski definition) is 3. The second kappa shape index (κ2) is 6.02. The zero-order chi connectivity index (χ0) is 13.0. The van der Waals surface area contributed by atoms with Gasteiger partial charge < -0.3 is 15.3 Å². The van der Waals surface area contributed by atoms with Crippen molar-refractivity contribution in [3.05, 3.63) is 0 Å². The summed E-state index contributed by atoms with van der Waals surface area (Å²) in [4.78, 5) is 14.3. The first-order chi connectivity index (χ1) is 8.71. The van der Waals surface area contributed by atoms with Gasteiger partial charge >= 0.3 is 0 Å². The van der Waals surface area contributed by atoms with Gasteiger partial charge in [0.05, 0.1) is 12.6 Å². The van der Waals surface area contributed by atoms with Crippen LogP contribution in [0.5, 0.6) is 0 Å². The third-order valence-corrected chi connectivity index (χ3v) is 4.51. The van der Waals surface area contributed by atoms with Crippen molar-refractivity contribution in [2.45, 2.75) is 51.5 Å². The van der Waals surface area contributed by atoms with Crippen molar-refractivity contribution < 1.29 is 9.90 Å². The minimum atomic E-state index is -0.0102. The van der Waals surface area contributed by atoms with Crippen LogP contribution in [-0.2, 0) is 4.79 Å². The highest BCUT2D eigenvalue weighted by Crippen LogP contribution is 2.38. The van der Waals surface area contributed by atoms with Crippen LogP contribution in [0.1, 0.15) is 45.4 Å². The summed E-state index contributed by atoms with van der Waals surface area (Å²) in [5.41, 5.74) is -0.0102. The Hall–Kier alpha value is -0.610. The third-order valence-electron chi connectivity index (χ3n) is 4.51. The zero-order valence-electron chi connectivity index (χ0n) is 11.5. The monoisotopic (exact) mass is 254 g/mol. The number of carbonyl (C=O) groups is 1. The van der Waals surface area contributed by atoms with Gasteiger partial charge in [-0.2, -0.15) is 0 Å². The molecule has 1 heterocycles. The summed E-state index contributed by atoms with van der Waals surface area (Å²) in [5.74, 6) is 0.239. The maximum Gasteiger partial charge on any atom is 0.239 e. The lowest BCUT2D eigenvalue weighted by Crippen LogP contribution is -2.53. The predicted octanol–water partition coefficient (Wildman–Crippen LogP) is 1.14. The molecule has 1 atom stereocenters. The Morgan fingerprint density at radius 1 is 1.39 bits per heavy atom. The number of carbonyl (C=O) groups excluding carboxylic acids is 1. The van der Waals surface area contributed by atoms with Gasteiger partial charge in [0, 0.05) is 18.5 Å². The molecule has 0 aromatic heterocycles. The Balaban J connectivity index is 1.97. The SMILES string of the molecule is CCNC1CCCN(CC2(CO)CCCC2)C1=O. The van der Waals surface area contributed by atoms with Gasteiger partial charge in [-0.15, -0.1) is 0 Å². The standard InChI is InChI=1S/C14H26N2O2/c1-2-15-12-6-5-9-16(13(12)18)10-14(11-17)7-3-4-8-14/h12,15,17H,2-11H2,1H3. The number of likely N-dealkylation sites (tertiary alicyclic amines) is 1. The van der Waals surface area contributed by atoms with E-state index in [1.54, 1.807) is 0 Å². The number of aliphatic hydroxyl groups excluding tert-OH is 1. The molecule has 1 saturated heterocycles. The van der Waals surface area contributed by atoms with Crippen molar-refractivity contribution in [3.8, 4) is 0 Å². The summed E-state index contributed by atoms with van der Waals surface area (Å²) in [6.45, 7) is 4.73. The van der Waals surface area contributed by atoms with Crippen molar-refractivity contribution in [3.63, 3.8) is 0 Å². The fourth-order valence-corrected chi connectivity index (χ4v) is 3.43. The molecule has 2 aliphatic rings. The summed E-state index contributed by atoms with van der Waals surface area (Å²) >= 11 is 0. The van der Waals surface area contributed by atoms with Crippen molar-refractivity contribution in [1.82, 2.24) is 10.2 Å². The first kappa shape index (κ1) is 13.8. The van der Waals surface area contributed by atoms with E-state index in [-0.39, 0.29) is 24.0 Å². The van der Waals surface area contributed by atoms with Gasteiger partial charge in [-0.1, -0.05) is 19.8 Å². The maximum atomic E-state index is 12.3. The van der Waals surface area contributed by atoms with Crippen molar-refractivity contribution in [1.29, 1.82) is 0 Å². The lowest BCUT2D eigenvalue weighted by Gasteiger charge is -2.38. The minimum Gasteiger partial charge on any atom is -0.396 e. The summed E-state index contributed by atoms with van der Waals surface area (Å²) < 4.78 is 0. The van der Waals surface area contributed by atoms with E-state index in [2.05, 4.69) is 5.32 Å². The van der Waals surface area contributed by atoms with Crippen LogP contribution in [0.15, 0.2) is 0 Å². The number of nitrogens with one attached hydrogen (secondary N) is 1. The maximum absolute atomic E-state index is 12.3. The van der Waals surface area contributed by atoms with E-state index in [1.165, 1.54) is 12.8 Å². The van der Waals surface area contributed by atoms with Gasteiger partial charge in [-0.25, -0.2) is 0 Å². The van der Waals surface area contributed by atoms with E-state index in [0.29, 0.717) is 0 Å². The van der Waals surface area contributed by atoms with Gasteiger partial charge in [0.2, 0.25) is 5.91 Å². The molecule has 1 saturated carbocycles. The molecule has 104 valence electrons. The number of aliphatic hydroxyl groups is 1. The average Bonchev–Trinajstić information content (AvgIpc) is 2.84. The van der Waals surface area contributed by atoms with E-state index < -0.39 is 0 Å². The molecule has 0 spiro atoms. The summed E-state index contributed by atoms with van der Waals surface area (Å²) in [5, 5.41) is 12.9.